The van der Waals surface area contributed by atoms with Crippen LogP contribution in [0.4, 0.5) is 8.78 Å². The summed E-state index contributed by atoms with van der Waals surface area (Å²) in [6.07, 6.45) is 0.00253. The van der Waals surface area contributed by atoms with Gasteiger partial charge in [0.15, 0.2) is 0 Å². The highest BCUT2D eigenvalue weighted by Gasteiger charge is 2.29. The first-order valence-electron chi connectivity index (χ1n) is 6.40. The lowest BCUT2D eigenvalue weighted by atomic mass is 9.79. The van der Waals surface area contributed by atoms with Gasteiger partial charge in [-0.1, -0.05) is 6.92 Å². The third-order valence-electron chi connectivity index (χ3n) is 3.40. The van der Waals surface area contributed by atoms with Crippen molar-refractivity contribution in [3.8, 4) is 0 Å². The third kappa shape index (κ3) is 5.27. The summed E-state index contributed by atoms with van der Waals surface area (Å²) in [4.78, 5) is 11.8. The SMILES string of the molecule is CC1CC(C(=O)NCCOCC(F)F)CCC1N. The number of ether oxygens (including phenoxy) is 1. The minimum absolute atomic E-state index is 0.00472. The monoisotopic (exact) mass is 264 g/mol. The smallest absolute Gasteiger partial charge is 0.261 e. The highest BCUT2D eigenvalue weighted by Crippen LogP contribution is 2.27. The molecule has 0 bridgehead atoms. The summed E-state index contributed by atoms with van der Waals surface area (Å²) >= 11 is 0. The van der Waals surface area contributed by atoms with Crippen LogP contribution in [-0.4, -0.2) is 38.1 Å². The molecular weight excluding hydrogens is 242 g/mol. The first-order chi connectivity index (χ1) is 8.50. The van der Waals surface area contributed by atoms with Gasteiger partial charge in [0.25, 0.3) is 6.43 Å². The van der Waals surface area contributed by atoms with E-state index < -0.39 is 13.0 Å². The molecule has 0 aliphatic heterocycles. The fourth-order valence-corrected chi connectivity index (χ4v) is 2.22. The van der Waals surface area contributed by atoms with E-state index in [0.717, 1.165) is 19.3 Å². The van der Waals surface area contributed by atoms with Crippen LogP contribution in [0.15, 0.2) is 0 Å². The lowest BCUT2D eigenvalue weighted by molar-refractivity contribution is -0.126. The summed E-state index contributed by atoms with van der Waals surface area (Å²) in [6.45, 7) is 1.88. The van der Waals surface area contributed by atoms with Crippen LogP contribution in [-0.2, 0) is 9.53 Å². The Morgan fingerprint density at radius 2 is 2.22 bits per heavy atom. The quantitative estimate of drug-likeness (QED) is 0.707. The zero-order valence-electron chi connectivity index (χ0n) is 10.7. The van der Waals surface area contributed by atoms with Crippen LogP contribution in [0.3, 0.4) is 0 Å². The van der Waals surface area contributed by atoms with E-state index in [9.17, 15) is 13.6 Å². The normalized spacial score (nSPS) is 28.4. The van der Waals surface area contributed by atoms with Gasteiger partial charge in [-0.05, 0) is 25.2 Å². The molecule has 0 radical (unpaired) electrons. The van der Waals surface area contributed by atoms with E-state index in [1.165, 1.54) is 0 Å². The summed E-state index contributed by atoms with van der Waals surface area (Å²) in [5, 5.41) is 2.71. The van der Waals surface area contributed by atoms with Crippen LogP contribution in [0.5, 0.6) is 0 Å². The third-order valence-corrected chi connectivity index (χ3v) is 3.40. The molecule has 0 aromatic carbocycles. The Balaban J connectivity index is 2.13. The Labute approximate surface area is 106 Å². The van der Waals surface area contributed by atoms with E-state index in [1.807, 2.05) is 0 Å². The standard InChI is InChI=1S/C12H22F2N2O2/c1-8-6-9(2-3-10(8)15)12(17)16-4-5-18-7-11(13)14/h8-11H,2-7,15H2,1H3,(H,16,17). The van der Waals surface area contributed by atoms with Gasteiger partial charge in [0, 0.05) is 18.5 Å². The zero-order chi connectivity index (χ0) is 13.5. The minimum Gasteiger partial charge on any atom is -0.374 e. The minimum atomic E-state index is -2.46. The number of nitrogens with one attached hydrogen (secondary N) is 1. The number of halogens is 2. The molecule has 106 valence electrons. The molecule has 1 fully saturated rings. The molecule has 1 aliphatic rings. The molecule has 18 heavy (non-hydrogen) atoms. The molecule has 0 heterocycles. The summed E-state index contributed by atoms with van der Waals surface area (Å²) in [5.74, 6) is 0.328. The Hall–Kier alpha value is -0.750. The van der Waals surface area contributed by atoms with Crippen LogP contribution in [0, 0.1) is 11.8 Å². The second kappa shape index (κ2) is 7.63. The van der Waals surface area contributed by atoms with Crippen molar-refractivity contribution in [2.75, 3.05) is 19.8 Å². The number of carbonyl (C=O) groups is 1. The van der Waals surface area contributed by atoms with Crippen LogP contribution < -0.4 is 11.1 Å². The molecular formula is C12H22F2N2O2. The van der Waals surface area contributed by atoms with Crippen molar-refractivity contribution in [3.63, 3.8) is 0 Å². The van der Waals surface area contributed by atoms with Gasteiger partial charge >= 0.3 is 0 Å². The molecule has 1 rings (SSSR count). The fourth-order valence-electron chi connectivity index (χ4n) is 2.22. The maximum atomic E-state index is 11.8. The number of hydrogen-bond acceptors (Lipinski definition) is 3. The lowest BCUT2D eigenvalue weighted by Gasteiger charge is -2.31. The van der Waals surface area contributed by atoms with Gasteiger partial charge in [-0.2, -0.15) is 0 Å². The van der Waals surface area contributed by atoms with E-state index in [2.05, 4.69) is 17.0 Å². The van der Waals surface area contributed by atoms with Crippen LogP contribution >= 0.6 is 0 Å². The molecule has 3 atom stereocenters. The van der Waals surface area contributed by atoms with Gasteiger partial charge in [-0.3, -0.25) is 4.79 Å². The van der Waals surface area contributed by atoms with Crippen molar-refractivity contribution in [2.45, 2.75) is 38.7 Å². The van der Waals surface area contributed by atoms with Crippen LogP contribution in [0.1, 0.15) is 26.2 Å². The zero-order valence-corrected chi connectivity index (χ0v) is 10.7. The van der Waals surface area contributed by atoms with E-state index in [-0.39, 0.29) is 31.0 Å². The maximum Gasteiger partial charge on any atom is 0.261 e. The molecule has 0 spiro atoms. The van der Waals surface area contributed by atoms with E-state index >= 15 is 0 Å². The highest BCUT2D eigenvalue weighted by atomic mass is 19.3. The second-order valence-electron chi connectivity index (χ2n) is 4.91. The molecule has 0 aromatic rings. The molecule has 1 aliphatic carbocycles. The van der Waals surface area contributed by atoms with E-state index in [4.69, 9.17) is 5.73 Å². The van der Waals surface area contributed by atoms with Crippen molar-refractivity contribution < 1.29 is 18.3 Å². The molecule has 1 saturated carbocycles. The number of nitrogens with two attached hydrogens (primary N) is 1. The lowest BCUT2D eigenvalue weighted by Crippen LogP contribution is -2.41. The number of rotatable bonds is 6. The molecule has 3 N–H and O–H groups in total. The van der Waals surface area contributed by atoms with E-state index in [0.29, 0.717) is 5.92 Å². The first-order valence-corrected chi connectivity index (χ1v) is 6.40. The number of carbonyl (C=O) groups excluding carboxylic acids is 1. The van der Waals surface area contributed by atoms with Gasteiger partial charge in [0.05, 0.1) is 6.61 Å². The van der Waals surface area contributed by atoms with Gasteiger partial charge in [-0.25, -0.2) is 8.78 Å². The van der Waals surface area contributed by atoms with Gasteiger partial charge < -0.3 is 15.8 Å². The largest absolute Gasteiger partial charge is 0.374 e. The maximum absolute atomic E-state index is 11.8. The number of hydrogen-bond donors (Lipinski definition) is 2. The molecule has 3 unspecified atom stereocenters. The Morgan fingerprint density at radius 3 is 2.83 bits per heavy atom. The average molecular weight is 264 g/mol. The van der Waals surface area contributed by atoms with Crippen LogP contribution in [0.2, 0.25) is 0 Å². The molecule has 1 amide bonds. The summed E-state index contributed by atoms with van der Waals surface area (Å²) in [7, 11) is 0. The molecule has 6 heteroatoms. The predicted octanol–water partition coefficient (Wildman–Crippen LogP) is 1.15. The Kier molecular flexibility index (Phi) is 6.49. The predicted molar refractivity (Wildman–Crippen MR) is 64.3 cm³/mol. The van der Waals surface area contributed by atoms with Crippen molar-refractivity contribution >= 4 is 5.91 Å². The second-order valence-corrected chi connectivity index (χ2v) is 4.91. The van der Waals surface area contributed by atoms with Crippen molar-refractivity contribution in [2.24, 2.45) is 17.6 Å². The van der Waals surface area contributed by atoms with Gasteiger partial charge in [0.1, 0.15) is 6.61 Å². The fraction of sp³-hybridized carbons (Fsp3) is 0.917. The van der Waals surface area contributed by atoms with Gasteiger partial charge in [0.2, 0.25) is 5.91 Å². The molecule has 0 saturated heterocycles. The van der Waals surface area contributed by atoms with Gasteiger partial charge in [-0.15, -0.1) is 0 Å². The number of amides is 1. The summed E-state index contributed by atoms with van der Waals surface area (Å²) in [5.41, 5.74) is 5.89. The molecule has 4 nitrogen and oxygen atoms in total. The van der Waals surface area contributed by atoms with Crippen LogP contribution in [0.25, 0.3) is 0 Å². The van der Waals surface area contributed by atoms with Crippen molar-refractivity contribution in [3.05, 3.63) is 0 Å². The number of alkyl halides is 2. The topological polar surface area (TPSA) is 64.3 Å². The Bertz CT molecular complexity index is 264. The molecule has 0 aromatic heterocycles. The average Bonchev–Trinajstić information content (AvgIpc) is 2.31. The van der Waals surface area contributed by atoms with Crippen molar-refractivity contribution in [1.29, 1.82) is 0 Å². The first kappa shape index (κ1) is 15.3. The summed E-state index contributed by atoms with van der Waals surface area (Å²) in [6, 6.07) is 0.184. The highest BCUT2D eigenvalue weighted by molar-refractivity contribution is 5.78. The van der Waals surface area contributed by atoms with Crippen molar-refractivity contribution in [1.82, 2.24) is 5.32 Å². The summed E-state index contributed by atoms with van der Waals surface area (Å²) < 4.78 is 28.2. The Morgan fingerprint density at radius 1 is 1.50 bits per heavy atom. The van der Waals surface area contributed by atoms with E-state index in [1.54, 1.807) is 0 Å².